The molecule has 0 aromatic heterocycles. The Morgan fingerprint density at radius 3 is 2.22 bits per heavy atom. The topological polar surface area (TPSA) is 56.5 Å². The molecule has 4 nitrogen and oxygen atoms in total. The lowest BCUT2D eigenvalue weighted by atomic mass is 9.96. The molecule has 0 saturated heterocycles. The van der Waals surface area contributed by atoms with E-state index in [4.69, 9.17) is 15.3 Å². The highest BCUT2D eigenvalue weighted by Gasteiger charge is 2.16. The zero-order chi connectivity index (χ0) is 13.5. The summed E-state index contributed by atoms with van der Waals surface area (Å²) in [6, 6.07) is 6.08. The molecule has 0 aliphatic heterocycles. The molecular weight excluding hydrogens is 228 g/mol. The monoisotopic (exact) mass is 252 g/mol. The lowest BCUT2D eigenvalue weighted by Gasteiger charge is -2.21. The van der Waals surface area contributed by atoms with E-state index in [1.165, 1.54) is 0 Å². The molecule has 1 aromatic rings. The minimum absolute atomic E-state index is 0.111. The van der Waals surface area contributed by atoms with Gasteiger partial charge in [0, 0.05) is 6.04 Å². The number of hydrogen-bond donors (Lipinski definition) is 2. The molecule has 1 rings (SSSR count). The third kappa shape index (κ3) is 3.62. The van der Waals surface area contributed by atoms with Gasteiger partial charge in [-0.2, -0.15) is 0 Å². The van der Waals surface area contributed by atoms with Gasteiger partial charge >= 0.3 is 0 Å². The van der Waals surface area contributed by atoms with Crippen molar-refractivity contribution in [2.45, 2.75) is 33.7 Å². The van der Waals surface area contributed by atoms with Crippen molar-refractivity contribution in [2.75, 3.05) is 13.2 Å². The molecule has 0 aliphatic carbocycles. The quantitative estimate of drug-likeness (QED) is 0.578. The van der Waals surface area contributed by atoms with Crippen LogP contribution in [0.3, 0.4) is 0 Å². The van der Waals surface area contributed by atoms with Crippen LogP contribution in [0.4, 0.5) is 0 Å². The molecule has 0 fully saturated rings. The van der Waals surface area contributed by atoms with Crippen LogP contribution in [0.15, 0.2) is 18.2 Å². The molecule has 1 atom stereocenters. The number of benzene rings is 1. The van der Waals surface area contributed by atoms with Gasteiger partial charge in [-0.15, -0.1) is 0 Å². The summed E-state index contributed by atoms with van der Waals surface area (Å²) in [6.07, 6.45) is 0. The van der Waals surface area contributed by atoms with E-state index in [9.17, 15) is 0 Å². The highest BCUT2D eigenvalue weighted by Crippen LogP contribution is 2.32. The van der Waals surface area contributed by atoms with Gasteiger partial charge in [-0.3, -0.25) is 11.3 Å². The Morgan fingerprint density at radius 1 is 1.11 bits per heavy atom. The second-order valence-corrected chi connectivity index (χ2v) is 4.46. The average molecular weight is 252 g/mol. The van der Waals surface area contributed by atoms with Crippen LogP contribution in [0.2, 0.25) is 0 Å². The van der Waals surface area contributed by atoms with E-state index in [2.05, 4.69) is 19.3 Å². The minimum atomic E-state index is 0.111. The molecule has 0 radical (unpaired) electrons. The van der Waals surface area contributed by atoms with Crippen LogP contribution in [0.25, 0.3) is 0 Å². The Labute approximate surface area is 109 Å². The molecule has 1 unspecified atom stereocenters. The third-order valence-electron chi connectivity index (χ3n) is 2.77. The van der Waals surface area contributed by atoms with Crippen LogP contribution >= 0.6 is 0 Å². The van der Waals surface area contributed by atoms with Gasteiger partial charge < -0.3 is 9.47 Å². The van der Waals surface area contributed by atoms with Gasteiger partial charge in [0.05, 0.1) is 13.2 Å². The summed E-state index contributed by atoms with van der Waals surface area (Å²) in [5.74, 6) is 7.57. The molecule has 1 aromatic carbocycles. The number of rotatable bonds is 7. The predicted octanol–water partition coefficient (Wildman–Crippen LogP) is 2.64. The Hall–Kier alpha value is -1.26. The zero-order valence-electron chi connectivity index (χ0n) is 11.7. The van der Waals surface area contributed by atoms with Crippen LogP contribution < -0.4 is 20.7 Å². The first kappa shape index (κ1) is 14.8. The Morgan fingerprint density at radius 2 is 1.72 bits per heavy atom. The van der Waals surface area contributed by atoms with Gasteiger partial charge in [0.1, 0.15) is 0 Å². The summed E-state index contributed by atoms with van der Waals surface area (Å²) in [5.41, 5.74) is 3.95. The summed E-state index contributed by atoms with van der Waals surface area (Å²) >= 11 is 0. The number of hydrogen-bond acceptors (Lipinski definition) is 4. The second kappa shape index (κ2) is 7.24. The lowest BCUT2D eigenvalue weighted by molar-refractivity contribution is 0.286. The smallest absolute Gasteiger partial charge is 0.161 e. The average Bonchev–Trinajstić information content (AvgIpc) is 2.33. The van der Waals surface area contributed by atoms with E-state index in [0.717, 1.165) is 17.1 Å². The van der Waals surface area contributed by atoms with E-state index in [1.54, 1.807) is 0 Å². The first-order valence-electron chi connectivity index (χ1n) is 6.49. The summed E-state index contributed by atoms with van der Waals surface area (Å²) in [5, 5.41) is 0. The predicted molar refractivity (Wildman–Crippen MR) is 73.7 cm³/mol. The number of ether oxygens (including phenoxy) is 2. The van der Waals surface area contributed by atoms with Crippen molar-refractivity contribution in [3.63, 3.8) is 0 Å². The van der Waals surface area contributed by atoms with Crippen molar-refractivity contribution >= 4 is 0 Å². The van der Waals surface area contributed by atoms with Gasteiger partial charge in [0.2, 0.25) is 0 Å². The first-order valence-corrected chi connectivity index (χ1v) is 6.49. The third-order valence-corrected chi connectivity index (χ3v) is 2.77. The van der Waals surface area contributed by atoms with Gasteiger partial charge in [-0.05, 0) is 37.5 Å². The van der Waals surface area contributed by atoms with E-state index in [-0.39, 0.29) is 6.04 Å². The SMILES string of the molecule is CCOc1ccc(C(NN)C(C)C)cc1OCC. The van der Waals surface area contributed by atoms with E-state index in [0.29, 0.717) is 19.1 Å². The van der Waals surface area contributed by atoms with Crippen molar-refractivity contribution in [2.24, 2.45) is 11.8 Å². The summed E-state index contributed by atoms with van der Waals surface area (Å²) in [7, 11) is 0. The number of nitrogens with two attached hydrogens (primary N) is 1. The molecule has 0 saturated carbocycles. The minimum Gasteiger partial charge on any atom is -0.490 e. The van der Waals surface area contributed by atoms with E-state index in [1.807, 2.05) is 32.0 Å². The molecule has 0 bridgehead atoms. The lowest BCUT2D eigenvalue weighted by Crippen LogP contribution is -2.31. The molecule has 4 heteroatoms. The highest BCUT2D eigenvalue weighted by atomic mass is 16.5. The largest absolute Gasteiger partial charge is 0.490 e. The fourth-order valence-corrected chi connectivity index (χ4v) is 1.93. The molecular formula is C14H24N2O2. The maximum absolute atomic E-state index is 5.61. The molecule has 102 valence electrons. The maximum Gasteiger partial charge on any atom is 0.161 e. The van der Waals surface area contributed by atoms with E-state index >= 15 is 0 Å². The fraction of sp³-hybridized carbons (Fsp3) is 0.571. The second-order valence-electron chi connectivity index (χ2n) is 4.46. The van der Waals surface area contributed by atoms with Crippen molar-refractivity contribution < 1.29 is 9.47 Å². The molecule has 0 heterocycles. The Bertz CT molecular complexity index is 367. The molecule has 18 heavy (non-hydrogen) atoms. The fourth-order valence-electron chi connectivity index (χ4n) is 1.93. The molecule has 0 amide bonds. The van der Waals surface area contributed by atoms with Gasteiger partial charge in [0.25, 0.3) is 0 Å². The number of nitrogens with one attached hydrogen (secondary N) is 1. The van der Waals surface area contributed by atoms with Crippen LogP contribution in [0, 0.1) is 5.92 Å². The summed E-state index contributed by atoms with van der Waals surface area (Å²) in [6.45, 7) is 9.42. The number of hydrazine groups is 1. The summed E-state index contributed by atoms with van der Waals surface area (Å²) < 4.78 is 11.2. The van der Waals surface area contributed by atoms with Crippen LogP contribution in [0.5, 0.6) is 11.5 Å². The highest BCUT2D eigenvalue weighted by molar-refractivity contribution is 5.44. The Balaban J connectivity index is 3.04. The molecule has 3 N–H and O–H groups in total. The molecule has 0 aliphatic rings. The normalized spacial score (nSPS) is 12.6. The van der Waals surface area contributed by atoms with Gasteiger partial charge in [-0.25, -0.2) is 0 Å². The van der Waals surface area contributed by atoms with Crippen molar-refractivity contribution in [1.82, 2.24) is 5.43 Å². The van der Waals surface area contributed by atoms with Crippen molar-refractivity contribution in [3.8, 4) is 11.5 Å². The molecule has 0 spiro atoms. The van der Waals surface area contributed by atoms with Crippen LogP contribution in [-0.4, -0.2) is 13.2 Å². The van der Waals surface area contributed by atoms with Gasteiger partial charge in [-0.1, -0.05) is 19.9 Å². The first-order chi connectivity index (χ1) is 8.63. The van der Waals surface area contributed by atoms with Crippen LogP contribution in [-0.2, 0) is 0 Å². The Kier molecular flexibility index (Phi) is 5.95. The van der Waals surface area contributed by atoms with Gasteiger partial charge in [0.15, 0.2) is 11.5 Å². The van der Waals surface area contributed by atoms with Crippen molar-refractivity contribution in [1.29, 1.82) is 0 Å². The van der Waals surface area contributed by atoms with Crippen molar-refractivity contribution in [3.05, 3.63) is 23.8 Å². The zero-order valence-corrected chi connectivity index (χ0v) is 11.7. The van der Waals surface area contributed by atoms with E-state index < -0.39 is 0 Å². The maximum atomic E-state index is 5.61. The van der Waals surface area contributed by atoms with Crippen LogP contribution in [0.1, 0.15) is 39.3 Å². The summed E-state index contributed by atoms with van der Waals surface area (Å²) in [4.78, 5) is 0. The standard InChI is InChI=1S/C14H24N2O2/c1-5-17-12-8-7-11(9-13(12)18-6-2)14(16-15)10(3)4/h7-10,14,16H,5-6,15H2,1-4H3.